The molecule has 0 fully saturated rings. The van der Waals surface area contributed by atoms with E-state index >= 15 is 0 Å². The van der Waals surface area contributed by atoms with E-state index in [2.05, 4.69) is 10.3 Å². The van der Waals surface area contributed by atoms with Crippen molar-refractivity contribution in [2.75, 3.05) is 11.9 Å². The van der Waals surface area contributed by atoms with Crippen LogP contribution in [0.3, 0.4) is 0 Å². The standard InChI is InChI=1S/C19H17N3O6S/c1-12-6-7-13(10-16(12)29(20,25)26)21-17(23)11-27-19(24)9-8-18-22-14-4-2-3-5-15(14)28-18/h2-10H,11H2,1H3,(H,21,23)(H2,20,25,26)/b9-8+. The van der Waals surface area contributed by atoms with Gasteiger partial charge in [-0.3, -0.25) is 4.79 Å². The maximum absolute atomic E-state index is 11.9. The molecule has 29 heavy (non-hydrogen) atoms. The number of fused-ring (bicyclic) bond motifs is 1. The van der Waals surface area contributed by atoms with Gasteiger partial charge in [0.25, 0.3) is 5.91 Å². The van der Waals surface area contributed by atoms with Gasteiger partial charge in [0, 0.05) is 17.8 Å². The van der Waals surface area contributed by atoms with E-state index in [9.17, 15) is 18.0 Å². The van der Waals surface area contributed by atoms with Crippen LogP contribution in [0.15, 0.2) is 57.9 Å². The van der Waals surface area contributed by atoms with Gasteiger partial charge in [0.1, 0.15) is 5.52 Å². The molecule has 0 aliphatic carbocycles. The summed E-state index contributed by atoms with van der Waals surface area (Å²) in [4.78, 5) is 27.8. The number of para-hydroxylation sites is 2. The highest BCUT2D eigenvalue weighted by Crippen LogP contribution is 2.19. The molecule has 150 valence electrons. The van der Waals surface area contributed by atoms with E-state index in [1.165, 1.54) is 24.3 Å². The molecule has 0 bridgehead atoms. The minimum Gasteiger partial charge on any atom is -0.452 e. The molecule has 1 aromatic heterocycles. The maximum Gasteiger partial charge on any atom is 0.331 e. The normalized spacial score (nSPS) is 11.7. The number of anilines is 1. The molecular weight excluding hydrogens is 398 g/mol. The molecule has 0 saturated heterocycles. The number of aryl methyl sites for hydroxylation is 1. The van der Waals surface area contributed by atoms with Gasteiger partial charge in [-0.1, -0.05) is 18.2 Å². The molecule has 2 aromatic carbocycles. The first kappa shape index (κ1) is 20.2. The molecule has 0 unspecified atom stereocenters. The lowest BCUT2D eigenvalue weighted by atomic mass is 10.2. The third-order valence-electron chi connectivity index (χ3n) is 3.80. The topological polar surface area (TPSA) is 142 Å². The molecular formula is C19H17N3O6S. The Morgan fingerprint density at radius 3 is 2.72 bits per heavy atom. The average Bonchev–Trinajstić information content (AvgIpc) is 3.08. The fourth-order valence-corrected chi connectivity index (χ4v) is 3.27. The van der Waals surface area contributed by atoms with Crippen molar-refractivity contribution >= 4 is 44.8 Å². The van der Waals surface area contributed by atoms with Gasteiger partial charge in [0.05, 0.1) is 4.90 Å². The summed E-state index contributed by atoms with van der Waals surface area (Å²) in [5, 5.41) is 7.57. The second-order valence-electron chi connectivity index (χ2n) is 6.03. The summed E-state index contributed by atoms with van der Waals surface area (Å²) in [6, 6.07) is 11.4. The summed E-state index contributed by atoms with van der Waals surface area (Å²) in [6.45, 7) is 1.02. The highest BCUT2D eigenvalue weighted by Gasteiger charge is 2.13. The lowest BCUT2D eigenvalue weighted by Crippen LogP contribution is -2.21. The Kier molecular flexibility index (Phi) is 5.76. The number of carbonyl (C=O) groups is 2. The van der Waals surface area contributed by atoms with Crippen molar-refractivity contribution in [1.82, 2.24) is 4.98 Å². The van der Waals surface area contributed by atoms with Crippen LogP contribution in [0.2, 0.25) is 0 Å². The molecule has 3 N–H and O–H groups in total. The molecule has 1 heterocycles. The number of amides is 1. The van der Waals surface area contributed by atoms with Crippen LogP contribution in [0, 0.1) is 6.92 Å². The largest absolute Gasteiger partial charge is 0.452 e. The van der Waals surface area contributed by atoms with Gasteiger partial charge >= 0.3 is 5.97 Å². The fraction of sp³-hybridized carbons (Fsp3) is 0.105. The van der Waals surface area contributed by atoms with E-state index in [0.717, 1.165) is 6.08 Å². The number of rotatable bonds is 6. The van der Waals surface area contributed by atoms with Crippen LogP contribution in [0.4, 0.5) is 5.69 Å². The van der Waals surface area contributed by atoms with E-state index in [1.54, 1.807) is 25.1 Å². The number of nitrogens with zero attached hydrogens (tertiary/aromatic N) is 1. The summed E-state index contributed by atoms with van der Waals surface area (Å²) in [5.41, 5.74) is 1.89. The van der Waals surface area contributed by atoms with E-state index in [1.807, 2.05) is 6.07 Å². The zero-order valence-corrected chi connectivity index (χ0v) is 16.1. The van der Waals surface area contributed by atoms with E-state index in [-0.39, 0.29) is 16.5 Å². The molecule has 9 nitrogen and oxygen atoms in total. The van der Waals surface area contributed by atoms with Crippen molar-refractivity contribution in [3.63, 3.8) is 0 Å². The van der Waals surface area contributed by atoms with Crippen LogP contribution in [0.25, 0.3) is 17.2 Å². The Labute approximate surface area is 166 Å². The highest BCUT2D eigenvalue weighted by molar-refractivity contribution is 7.89. The van der Waals surface area contributed by atoms with Crippen LogP contribution >= 0.6 is 0 Å². The second-order valence-corrected chi connectivity index (χ2v) is 7.56. The van der Waals surface area contributed by atoms with Crippen molar-refractivity contribution < 1.29 is 27.2 Å². The predicted molar refractivity (Wildman–Crippen MR) is 105 cm³/mol. The SMILES string of the molecule is Cc1ccc(NC(=O)COC(=O)/C=C/c2nc3ccccc3o2)cc1S(N)(=O)=O. The molecule has 0 radical (unpaired) electrons. The number of benzene rings is 2. The summed E-state index contributed by atoms with van der Waals surface area (Å²) in [5.74, 6) is -1.18. The van der Waals surface area contributed by atoms with Crippen LogP contribution < -0.4 is 10.5 Å². The summed E-state index contributed by atoms with van der Waals surface area (Å²) in [6.07, 6.45) is 2.42. The zero-order chi connectivity index (χ0) is 21.0. The number of oxazole rings is 1. The predicted octanol–water partition coefficient (Wildman–Crippen LogP) is 1.98. The first-order valence-corrected chi connectivity index (χ1v) is 9.91. The molecule has 0 aliphatic rings. The van der Waals surface area contributed by atoms with Crippen molar-refractivity contribution in [2.45, 2.75) is 11.8 Å². The second kappa shape index (κ2) is 8.25. The fourth-order valence-electron chi connectivity index (χ4n) is 2.47. The molecule has 0 spiro atoms. The third-order valence-corrected chi connectivity index (χ3v) is 4.85. The molecule has 3 aromatic rings. The minimum atomic E-state index is -3.92. The monoisotopic (exact) mass is 415 g/mol. The Morgan fingerprint density at radius 1 is 1.24 bits per heavy atom. The van der Waals surface area contributed by atoms with Gasteiger partial charge in [0.2, 0.25) is 15.9 Å². The first-order chi connectivity index (χ1) is 13.7. The number of nitrogens with one attached hydrogen (secondary N) is 1. The lowest BCUT2D eigenvalue weighted by Gasteiger charge is -2.09. The number of sulfonamides is 1. The van der Waals surface area contributed by atoms with Crippen LogP contribution in [-0.2, 0) is 24.3 Å². The minimum absolute atomic E-state index is 0.103. The number of hydrogen-bond donors (Lipinski definition) is 2. The van der Waals surface area contributed by atoms with Crippen molar-refractivity contribution in [1.29, 1.82) is 0 Å². The zero-order valence-electron chi connectivity index (χ0n) is 15.3. The number of hydrogen-bond acceptors (Lipinski definition) is 7. The molecule has 0 aliphatic heterocycles. The number of ether oxygens (including phenoxy) is 1. The smallest absolute Gasteiger partial charge is 0.331 e. The van der Waals surface area contributed by atoms with Gasteiger partial charge in [-0.2, -0.15) is 0 Å². The molecule has 0 saturated carbocycles. The summed E-state index contributed by atoms with van der Waals surface area (Å²) >= 11 is 0. The average molecular weight is 415 g/mol. The van der Waals surface area contributed by atoms with E-state index in [4.69, 9.17) is 14.3 Å². The lowest BCUT2D eigenvalue weighted by molar-refractivity contribution is -0.142. The van der Waals surface area contributed by atoms with Gasteiger partial charge in [-0.05, 0) is 36.8 Å². The van der Waals surface area contributed by atoms with Crippen molar-refractivity contribution in [3.05, 3.63) is 60.0 Å². The number of aromatic nitrogens is 1. The molecule has 1 amide bonds. The number of nitrogens with two attached hydrogens (primary N) is 1. The Balaban J connectivity index is 1.55. The Bertz CT molecular complexity index is 1180. The van der Waals surface area contributed by atoms with E-state index in [0.29, 0.717) is 16.7 Å². The summed E-state index contributed by atoms with van der Waals surface area (Å²) < 4.78 is 33.3. The van der Waals surface area contributed by atoms with Gasteiger partial charge in [0.15, 0.2) is 12.2 Å². The van der Waals surface area contributed by atoms with Crippen molar-refractivity contribution in [3.8, 4) is 0 Å². The first-order valence-electron chi connectivity index (χ1n) is 8.36. The third kappa shape index (κ3) is 5.27. The van der Waals surface area contributed by atoms with E-state index < -0.39 is 28.5 Å². The highest BCUT2D eigenvalue weighted by atomic mass is 32.2. The number of primary sulfonamides is 1. The van der Waals surface area contributed by atoms with Crippen LogP contribution in [0.1, 0.15) is 11.5 Å². The maximum atomic E-state index is 11.9. The van der Waals surface area contributed by atoms with Gasteiger partial charge in [-0.15, -0.1) is 0 Å². The number of esters is 1. The van der Waals surface area contributed by atoms with Gasteiger partial charge < -0.3 is 14.5 Å². The van der Waals surface area contributed by atoms with Gasteiger partial charge in [-0.25, -0.2) is 23.3 Å². The Hall–Kier alpha value is -3.50. The quantitative estimate of drug-likeness (QED) is 0.463. The van der Waals surface area contributed by atoms with Crippen molar-refractivity contribution in [2.24, 2.45) is 5.14 Å². The number of carbonyl (C=O) groups excluding carboxylic acids is 2. The summed E-state index contributed by atoms with van der Waals surface area (Å²) in [7, 11) is -3.92. The molecule has 10 heteroatoms. The van der Waals surface area contributed by atoms with Crippen LogP contribution in [0.5, 0.6) is 0 Å². The van der Waals surface area contributed by atoms with Crippen LogP contribution in [-0.4, -0.2) is 31.9 Å². The molecule has 3 rings (SSSR count). The Morgan fingerprint density at radius 2 is 2.00 bits per heavy atom. The molecule has 0 atom stereocenters.